The predicted molar refractivity (Wildman–Crippen MR) is 75.0 cm³/mol. The molecule has 104 valence electrons. The highest BCUT2D eigenvalue weighted by molar-refractivity contribution is 5.94. The summed E-state index contributed by atoms with van der Waals surface area (Å²) in [5, 5.41) is 0. The van der Waals surface area contributed by atoms with Crippen LogP contribution in [0.4, 0.5) is 0 Å². The minimum atomic E-state index is -0.399. The molecule has 0 saturated heterocycles. The van der Waals surface area contributed by atoms with Crippen molar-refractivity contribution in [3.05, 3.63) is 40.3 Å². The summed E-state index contributed by atoms with van der Waals surface area (Å²) >= 11 is 0. The molecule has 2 aromatic rings. The number of hydrogen-bond donors (Lipinski definition) is 1. The number of aryl methyl sites for hydroxylation is 3. The van der Waals surface area contributed by atoms with Crippen molar-refractivity contribution in [1.82, 2.24) is 9.97 Å². The van der Waals surface area contributed by atoms with Crippen LogP contribution < -0.4 is 0 Å². The van der Waals surface area contributed by atoms with Gasteiger partial charge in [-0.2, -0.15) is 0 Å². The molecule has 1 aromatic carbocycles. The lowest BCUT2D eigenvalue weighted by atomic mass is 9.97. The van der Waals surface area contributed by atoms with Crippen LogP contribution in [-0.2, 0) is 4.74 Å². The van der Waals surface area contributed by atoms with Crippen molar-refractivity contribution in [1.29, 1.82) is 0 Å². The fraction of sp³-hybridized carbons (Fsp3) is 0.267. The second-order valence-corrected chi connectivity index (χ2v) is 4.68. The molecule has 0 saturated carbocycles. The molecule has 20 heavy (non-hydrogen) atoms. The number of nitrogens with one attached hydrogen (secondary N) is 1. The van der Waals surface area contributed by atoms with Gasteiger partial charge in [0.15, 0.2) is 6.29 Å². The largest absolute Gasteiger partial charge is 0.465 e. The topological polar surface area (TPSA) is 72.0 Å². The van der Waals surface area contributed by atoms with Gasteiger partial charge in [0.25, 0.3) is 0 Å². The lowest BCUT2D eigenvalue weighted by Gasteiger charge is -2.10. The van der Waals surface area contributed by atoms with E-state index in [9.17, 15) is 9.59 Å². The van der Waals surface area contributed by atoms with Gasteiger partial charge in [-0.25, -0.2) is 9.78 Å². The van der Waals surface area contributed by atoms with Gasteiger partial charge in [-0.15, -0.1) is 0 Å². The molecule has 1 heterocycles. The highest BCUT2D eigenvalue weighted by Crippen LogP contribution is 2.27. The number of nitrogens with zero attached hydrogens (tertiary/aromatic N) is 1. The molecule has 0 aliphatic rings. The van der Waals surface area contributed by atoms with E-state index >= 15 is 0 Å². The number of ether oxygens (including phenoxy) is 1. The second-order valence-electron chi connectivity index (χ2n) is 4.68. The fourth-order valence-electron chi connectivity index (χ4n) is 2.24. The first-order valence-electron chi connectivity index (χ1n) is 6.19. The van der Waals surface area contributed by atoms with Crippen molar-refractivity contribution in [2.45, 2.75) is 20.8 Å². The lowest BCUT2D eigenvalue weighted by molar-refractivity contribution is 0.0600. The maximum absolute atomic E-state index is 11.8. The fourth-order valence-corrected chi connectivity index (χ4v) is 2.24. The molecule has 0 unspecified atom stereocenters. The Morgan fingerprint density at radius 2 is 1.95 bits per heavy atom. The molecule has 2 rings (SSSR count). The van der Waals surface area contributed by atoms with Gasteiger partial charge in [0, 0.05) is 5.56 Å². The first-order chi connectivity index (χ1) is 9.47. The van der Waals surface area contributed by atoms with Crippen molar-refractivity contribution in [3.8, 4) is 11.3 Å². The van der Waals surface area contributed by atoms with E-state index in [0.717, 1.165) is 23.0 Å². The SMILES string of the molecule is COC(=O)c1cc(-c2nc(C)[nH]c2C=O)c(C)cc1C. The Kier molecular flexibility index (Phi) is 3.70. The highest BCUT2D eigenvalue weighted by Gasteiger charge is 2.17. The van der Waals surface area contributed by atoms with Gasteiger partial charge in [-0.3, -0.25) is 4.79 Å². The summed E-state index contributed by atoms with van der Waals surface area (Å²) < 4.78 is 4.77. The van der Waals surface area contributed by atoms with E-state index in [2.05, 4.69) is 9.97 Å². The number of carbonyl (C=O) groups is 2. The number of aromatic nitrogens is 2. The number of H-pyrrole nitrogens is 1. The number of rotatable bonds is 3. The Morgan fingerprint density at radius 3 is 2.55 bits per heavy atom. The summed E-state index contributed by atoms with van der Waals surface area (Å²) in [6.45, 7) is 5.54. The maximum Gasteiger partial charge on any atom is 0.338 e. The van der Waals surface area contributed by atoms with Crippen LogP contribution in [0.1, 0.15) is 37.8 Å². The predicted octanol–water partition coefficient (Wildman–Crippen LogP) is 2.60. The number of hydrogen-bond acceptors (Lipinski definition) is 4. The maximum atomic E-state index is 11.8. The summed E-state index contributed by atoms with van der Waals surface area (Å²) in [4.78, 5) is 30.1. The molecule has 0 amide bonds. The number of carbonyl (C=O) groups excluding carboxylic acids is 2. The minimum absolute atomic E-state index is 0.399. The van der Waals surface area contributed by atoms with Crippen LogP contribution in [0.5, 0.6) is 0 Å². The third-order valence-corrected chi connectivity index (χ3v) is 3.20. The molecule has 0 aliphatic heterocycles. The molecule has 0 spiro atoms. The van der Waals surface area contributed by atoms with Gasteiger partial charge in [-0.1, -0.05) is 6.07 Å². The molecule has 1 aromatic heterocycles. The standard InChI is InChI=1S/C15H16N2O3/c1-8-5-9(2)12(15(19)20-4)6-11(8)14-13(7-18)16-10(3)17-14/h5-7H,1-4H3,(H,16,17). The number of esters is 1. The molecule has 5 heteroatoms. The number of aldehydes is 1. The lowest BCUT2D eigenvalue weighted by Crippen LogP contribution is -2.05. The molecule has 1 N–H and O–H groups in total. The highest BCUT2D eigenvalue weighted by atomic mass is 16.5. The molecular formula is C15H16N2O3. The summed E-state index contributed by atoms with van der Waals surface area (Å²) in [6, 6.07) is 3.61. The summed E-state index contributed by atoms with van der Waals surface area (Å²) in [7, 11) is 1.34. The van der Waals surface area contributed by atoms with Crippen LogP contribution in [0.15, 0.2) is 12.1 Å². The van der Waals surface area contributed by atoms with Crippen LogP contribution in [0.3, 0.4) is 0 Å². The first kappa shape index (κ1) is 14.0. The Labute approximate surface area is 117 Å². The minimum Gasteiger partial charge on any atom is -0.465 e. The zero-order valence-corrected chi connectivity index (χ0v) is 11.9. The van der Waals surface area contributed by atoms with E-state index in [1.807, 2.05) is 19.9 Å². The van der Waals surface area contributed by atoms with Crippen molar-refractivity contribution >= 4 is 12.3 Å². The van der Waals surface area contributed by atoms with Crippen LogP contribution in [0, 0.1) is 20.8 Å². The quantitative estimate of drug-likeness (QED) is 0.688. The van der Waals surface area contributed by atoms with Crippen molar-refractivity contribution in [2.24, 2.45) is 0 Å². The third-order valence-electron chi connectivity index (χ3n) is 3.20. The Morgan fingerprint density at radius 1 is 1.25 bits per heavy atom. The smallest absolute Gasteiger partial charge is 0.338 e. The Hall–Kier alpha value is -2.43. The average molecular weight is 272 g/mol. The van der Waals surface area contributed by atoms with E-state index in [-0.39, 0.29) is 0 Å². The van der Waals surface area contributed by atoms with E-state index in [1.54, 1.807) is 13.0 Å². The van der Waals surface area contributed by atoms with Gasteiger partial charge < -0.3 is 9.72 Å². The average Bonchev–Trinajstić information content (AvgIpc) is 2.79. The number of methoxy groups -OCH3 is 1. The molecule has 0 radical (unpaired) electrons. The summed E-state index contributed by atoms with van der Waals surface area (Å²) in [5.74, 6) is 0.255. The molecule has 0 atom stereocenters. The van der Waals surface area contributed by atoms with Gasteiger partial charge in [0.1, 0.15) is 11.5 Å². The van der Waals surface area contributed by atoms with E-state index in [0.29, 0.717) is 22.8 Å². The zero-order chi connectivity index (χ0) is 14.9. The van der Waals surface area contributed by atoms with Crippen LogP contribution >= 0.6 is 0 Å². The number of benzene rings is 1. The summed E-state index contributed by atoms with van der Waals surface area (Å²) in [6.07, 6.45) is 0.729. The molecule has 5 nitrogen and oxygen atoms in total. The van der Waals surface area contributed by atoms with E-state index in [4.69, 9.17) is 4.74 Å². The third kappa shape index (κ3) is 2.34. The van der Waals surface area contributed by atoms with Gasteiger partial charge in [0.05, 0.1) is 18.4 Å². The van der Waals surface area contributed by atoms with Gasteiger partial charge in [0.2, 0.25) is 0 Å². The zero-order valence-electron chi connectivity index (χ0n) is 11.9. The summed E-state index contributed by atoms with van der Waals surface area (Å²) in [5.41, 5.74) is 3.97. The molecule has 0 fully saturated rings. The Bertz CT molecular complexity index is 687. The molecular weight excluding hydrogens is 256 g/mol. The van der Waals surface area contributed by atoms with Gasteiger partial charge in [-0.05, 0) is 38.0 Å². The number of imidazole rings is 1. The van der Waals surface area contributed by atoms with Crippen LogP contribution in [0.2, 0.25) is 0 Å². The van der Waals surface area contributed by atoms with E-state index < -0.39 is 5.97 Å². The number of aromatic amines is 1. The van der Waals surface area contributed by atoms with Crippen LogP contribution in [0.25, 0.3) is 11.3 Å². The monoisotopic (exact) mass is 272 g/mol. The van der Waals surface area contributed by atoms with Gasteiger partial charge >= 0.3 is 5.97 Å². The van der Waals surface area contributed by atoms with Crippen LogP contribution in [-0.4, -0.2) is 29.3 Å². The first-order valence-corrected chi connectivity index (χ1v) is 6.19. The molecule has 0 aliphatic carbocycles. The van der Waals surface area contributed by atoms with Crippen molar-refractivity contribution in [2.75, 3.05) is 7.11 Å². The van der Waals surface area contributed by atoms with Crippen molar-refractivity contribution < 1.29 is 14.3 Å². The normalized spacial score (nSPS) is 10.4. The second kappa shape index (κ2) is 5.28. The van der Waals surface area contributed by atoms with E-state index in [1.165, 1.54) is 7.11 Å². The Balaban J connectivity index is 2.67. The molecule has 0 bridgehead atoms. The van der Waals surface area contributed by atoms with Crippen molar-refractivity contribution in [3.63, 3.8) is 0 Å².